The topological polar surface area (TPSA) is 0 Å². The van der Waals surface area contributed by atoms with E-state index in [-0.39, 0.29) is 0 Å². The zero-order valence-corrected chi connectivity index (χ0v) is 13.5. The highest BCUT2D eigenvalue weighted by Crippen LogP contribution is 2.29. The lowest BCUT2D eigenvalue weighted by Gasteiger charge is -2.17. The molecule has 0 atom stereocenters. The van der Waals surface area contributed by atoms with Crippen LogP contribution in [0, 0.1) is 6.92 Å². The van der Waals surface area contributed by atoms with Crippen molar-refractivity contribution >= 4 is 10.8 Å². The minimum Gasteiger partial charge on any atom is -0.0616 e. The summed E-state index contributed by atoms with van der Waals surface area (Å²) in [5.74, 6) is 0. The van der Waals surface area contributed by atoms with Gasteiger partial charge in [-0.15, -0.1) is 0 Å². The van der Waals surface area contributed by atoms with Crippen LogP contribution in [-0.2, 0) is 12.8 Å². The molecule has 0 unspecified atom stereocenters. The summed E-state index contributed by atoms with van der Waals surface area (Å²) >= 11 is 0. The Morgan fingerprint density at radius 1 is 0.714 bits per heavy atom. The van der Waals surface area contributed by atoms with Crippen molar-refractivity contribution in [3.05, 3.63) is 47.0 Å². The molecule has 0 aromatic heterocycles. The van der Waals surface area contributed by atoms with Crippen LogP contribution in [0.25, 0.3) is 10.8 Å². The monoisotopic (exact) mass is 280 g/mol. The zero-order valence-electron chi connectivity index (χ0n) is 13.5. The van der Waals surface area contributed by atoms with E-state index in [1.807, 2.05) is 0 Å². The van der Waals surface area contributed by atoms with Crippen LogP contribution < -0.4 is 0 Å². The molecule has 112 valence electrons. The highest BCUT2D eigenvalue weighted by molar-refractivity contribution is 5.87. The van der Waals surface area contributed by atoms with E-state index >= 15 is 0 Å². The molecule has 0 aliphatic heterocycles. The highest BCUT2D eigenvalue weighted by atomic mass is 14.2. The molecule has 0 amide bonds. The van der Waals surface area contributed by atoms with E-state index in [1.54, 1.807) is 16.7 Å². The molecular formula is C21H28. The van der Waals surface area contributed by atoms with Gasteiger partial charge in [0.2, 0.25) is 0 Å². The van der Waals surface area contributed by atoms with Gasteiger partial charge in [0.25, 0.3) is 0 Å². The first kappa shape index (κ1) is 14.6. The van der Waals surface area contributed by atoms with Gasteiger partial charge < -0.3 is 0 Å². The molecule has 0 fully saturated rings. The molecule has 0 heterocycles. The normalized spacial score (nSPS) is 17.8. The Hall–Kier alpha value is -1.30. The Bertz CT molecular complexity index is 594. The molecule has 0 bridgehead atoms. The Morgan fingerprint density at radius 2 is 1.33 bits per heavy atom. The van der Waals surface area contributed by atoms with E-state index in [4.69, 9.17) is 0 Å². The molecule has 0 radical (unpaired) electrons. The first-order chi connectivity index (χ1) is 10.4. The fraction of sp³-hybridized carbons (Fsp3) is 0.524. The zero-order chi connectivity index (χ0) is 14.5. The van der Waals surface area contributed by atoms with Crippen LogP contribution in [0.4, 0.5) is 0 Å². The average molecular weight is 280 g/mol. The summed E-state index contributed by atoms with van der Waals surface area (Å²) in [6, 6.07) is 11.4. The van der Waals surface area contributed by atoms with E-state index in [2.05, 4.69) is 37.3 Å². The molecule has 2 aromatic carbocycles. The lowest BCUT2D eigenvalue weighted by atomic mass is 9.88. The maximum absolute atomic E-state index is 2.48. The predicted molar refractivity (Wildman–Crippen MR) is 93.0 cm³/mol. The molecule has 0 saturated carbocycles. The van der Waals surface area contributed by atoms with Crippen molar-refractivity contribution in [2.24, 2.45) is 0 Å². The van der Waals surface area contributed by atoms with Crippen molar-refractivity contribution < 1.29 is 0 Å². The van der Waals surface area contributed by atoms with Crippen LogP contribution in [0.2, 0.25) is 0 Å². The van der Waals surface area contributed by atoms with Gasteiger partial charge in [0.05, 0.1) is 0 Å². The highest BCUT2D eigenvalue weighted by Gasteiger charge is 2.10. The maximum atomic E-state index is 2.48. The molecule has 0 nitrogen and oxygen atoms in total. The van der Waals surface area contributed by atoms with E-state index in [9.17, 15) is 0 Å². The largest absolute Gasteiger partial charge is 0.0616 e. The molecule has 0 saturated heterocycles. The van der Waals surface area contributed by atoms with Gasteiger partial charge in [-0.2, -0.15) is 0 Å². The van der Waals surface area contributed by atoms with Gasteiger partial charge >= 0.3 is 0 Å². The number of hydrogen-bond donors (Lipinski definition) is 0. The van der Waals surface area contributed by atoms with Crippen LogP contribution in [0.1, 0.15) is 68.1 Å². The fourth-order valence-corrected chi connectivity index (χ4v) is 3.89. The van der Waals surface area contributed by atoms with Crippen molar-refractivity contribution in [2.45, 2.75) is 71.1 Å². The minimum atomic E-state index is 1.28. The maximum Gasteiger partial charge on any atom is -0.0152 e. The quantitative estimate of drug-likeness (QED) is 0.526. The summed E-state index contributed by atoms with van der Waals surface area (Å²) in [5, 5.41) is 2.89. The van der Waals surface area contributed by atoms with Crippen molar-refractivity contribution in [1.82, 2.24) is 0 Å². The van der Waals surface area contributed by atoms with E-state index in [0.717, 1.165) is 0 Å². The lowest BCUT2D eigenvalue weighted by Crippen LogP contribution is -2.01. The third-order valence-corrected chi connectivity index (χ3v) is 5.16. The van der Waals surface area contributed by atoms with Crippen LogP contribution in [0.5, 0.6) is 0 Å². The smallest absolute Gasteiger partial charge is 0.0152 e. The minimum absolute atomic E-state index is 1.28. The van der Waals surface area contributed by atoms with E-state index < -0.39 is 0 Å². The SMILES string of the molecule is Cc1c2c(cc3ccccc13)CCCCCCCCCC2. The summed E-state index contributed by atoms with van der Waals surface area (Å²) in [6.07, 6.45) is 13.9. The molecule has 1 aliphatic carbocycles. The van der Waals surface area contributed by atoms with Crippen LogP contribution in [0.15, 0.2) is 30.3 Å². The predicted octanol–water partition coefficient (Wildman–Crippen LogP) is 6.37. The summed E-state index contributed by atoms with van der Waals surface area (Å²) in [4.78, 5) is 0. The first-order valence-corrected chi connectivity index (χ1v) is 8.86. The number of hydrogen-bond acceptors (Lipinski definition) is 0. The van der Waals surface area contributed by atoms with E-state index in [1.165, 1.54) is 75.0 Å². The Kier molecular flexibility index (Phi) is 4.95. The number of benzene rings is 2. The van der Waals surface area contributed by atoms with Gasteiger partial charge in [-0.05, 0) is 60.1 Å². The van der Waals surface area contributed by atoms with Crippen LogP contribution in [-0.4, -0.2) is 0 Å². The van der Waals surface area contributed by atoms with E-state index in [0.29, 0.717) is 0 Å². The van der Waals surface area contributed by atoms with Gasteiger partial charge in [0, 0.05) is 0 Å². The van der Waals surface area contributed by atoms with Crippen molar-refractivity contribution in [3.8, 4) is 0 Å². The van der Waals surface area contributed by atoms with Crippen molar-refractivity contribution in [3.63, 3.8) is 0 Å². The molecule has 3 rings (SSSR count). The number of fused-ring (bicyclic) bond motifs is 2. The standard InChI is InChI=1S/C21H28/c1-17-20-14-9-7-5-3-2-4-6-8-12-18(20)16-19-13-10-11-15-21(17)19/h10-11,13,15-16H,2-9,12,14H2,1H3. The molecule has 0 spiro atoms. The van der Waals surface area contributed by atoms with Gasteiger partial charge in [0.1, 0.15) is 0 Å². The van der Waals surface area contributed by atoms with Gasteiger partial charge in [-0.25, -0.2) is 0 Å². The summed E-state index contributed by atoms with van der Waals surface area (Å²) in [7, 11) is 0. The second-order valence-corrected chi connectivity index (χ2v) is 6.69. The average Bonchev–Trinajstić information content (AvgIpc) is 2.49. The Balaban J connectivity index is 1.96. The van der Waals surface area contributed by atoms with Crippen LogP contribution >= 0.6 is 0 Å². The van der Waals surface area contributed by atoms with Gasteiger partial charge in [-0.3, -0.25) is 0 Å². The molecule has 0 N–H and O–H groups in total. The third-order valence-electron chi connectivity index (χ3n) is 5.16. The number of aryl methyl sites for hydroxylation is 2. The second kappa shape index (κ2) is 7.11. The molecule has 21 heavy (non-hydrogen) atoms. The van der Waals surface area contributed by atoms with Gasteiger partial charge in [-0.1, -0.05) is 68.9 Å². The van der Waals surface area contributed by atoms with Gasteiger partial charge in [0.15, 0.2) is 0 Å². The summed E-state index contributed by atoms with van der Waals surface area (Å²) in [6.45, 7) is 2.34. The molecular weight excluding hydrogens is 252 g/mol. The summed E-state index contributed by atoms with van der Waals surface area (Å²) in [5.41, 5.74) is 4.83. The lowest BCUT2D eigenvalue weighted by molar-refractivity contribution is 0.559. The summed E-state index contributed by atoms with van der Waals surface area (Å²) < 4.78 is 0. The third kappa shape index (κ3) is 3.48. The fourth-order valence-electron chi connectivity index (χ4n) is 3.89. The van der Waals surface area contributed by atoms with Crippen molar-refractivity contribution in [2.75, 3.05) is 0 Å². The second-order valence-electron chi connectivity index (χ2n) is 6.69. The van der Waals surface area contributed by atoms with Crippen LogP contribution in [0.3, 0.4) is 0 Å². The Labute approximate surface area is 129 Å². The first-order valence-electron chi connectivity index (χ1n) is 8.86. The van der Waals surface area contributed by atoms with Crippen molar-refractivity contribution in [1.29, 1.82) is 0 Å². The molecule has 0 heteroatoms. The molecule has 1 aliphatic rings. The Morgan fingerprint density at radius 3 is 2.10 bits per heavy atom. The molecule has 2 aromatic rings. The number of rotatable bonds is 0.